The molecule has 0 aliphatic rings. The first kappa shape index (κ1) is 15.7. The van der Waals surface area contributed by atoms with Gasteiger partial charge in [0.15, 0.2) is 17.6 Å². The number of methoxy groups -OCH3 is 1. The molecule has 0 radical (unpaired) electrons. The van der Waals surface area contributed by atoms with Crippen LogP contribution >= 0.6 is 0 Å². The molecule has 0 heterocycles. The van der Waals surface area contributed by atoms with Gasteiger partial charge in [-0.3, -0.25) is 10.1 Å². The second kappa shape index (κ2) is 7.29. The Labute approximate surface area is 115 Å². The Morgan fingerprint density at radius 3 is 2.65 bits per heavy atom. The van der Waals surface area contributed by atoms with Gasteiger partial charge < -0.3 is 19.3 Å². The van der Waals surface area contributed by atoms with Crippen molar-refractivity contribution in [2.24, 2.45) is 0 Å². The molecule has 0 bridgehead atoms. The van der Waals surface area contributed by atoms with E-state index < -0.39 is 17.0 Å². The summed E-state index contributed by atoms with van der Waals surface area (Å²) in [7, 11) is 1.34. The van der Waals surface area contributed by atoms with Gasteiger partial charge in [-0.25, -0.2) is 4.79 Å². The van der Waals surface area contributed by atoms with E-state index in [2.05, 4.69) is 0 Å². The van der Waals surface area contributed by atoms with Gasteiger partial charge in [0.05, 0.1) is 18.1 Å². The minimum atomic E-state index is -1.15. The van der Waals surface area contributed by atoms with Crippen LogP contribution in [-0.4, -0.2) is 42.4 Å². The average Bonchev–Trinajstić information content (AvgIpc) is 2.42. The van der Waals surface area contributed by atoms with Crippen molar-refractivity contribution in [1.82, 2.24) is 0 Å². The molecular weight excluding hydrogens is 270 g/mol. The van der Waals surface area contributed by atoms with E-state index in [-0.39, 0.29) is 30.4 Å². The predicted molar refractivity (Wildman–Crippen MR) is 68.2 cm³/mol. The Hall–Kier alpha value is -2.35. The monoisotopic (exact) mass is 285 g/mol. The van der Waals surface area contributed by atoms with Crippen molar-refractivity contribution in [1.29, 1.82) is 0 Å². The van der Waals surface area contributed by atoms with Gasteiger partial charge in [0, 0.05) is 12.7 Å². The lowest BCUT2D eigenvalue weighted by Crippen LogP contribution is -2.30. The summed E-state index contributed by atoms with van der Waals surface area (Å²) >= 11 is 0. The lowest BCUT2D eigenvalue weighted by atomic mass is 10.3. The van der Waals surface area contributed by atoms with Crippen molar-refractivity contribution in [3.63, 3.8) is 0 Å². The number of nitro benzene ring substituents is 1. The predicted octanol–water partition coefficient (Wildman–Crippen LogP) is 1.47. The summed E-state index contributed by atoms with van der Waals surface area (Å²) in [5.41, 5.74) is -0.145. The van der Waals surface area contributed by atoms with Crippen LogP contribution in [0.3, 0.4) is 0 Å². The van der Waals surface area contributed by atoms with E-state index in [1.807, 2.05) is 0 Å². The number of nitrogens with zero attached hydrogens (tertiary/aromatic N) is 1. The number of benzene rings is 1. The largest absolute Gasteiger partial charge is 0.493 e. The number of hydrogen-bond donors (Lipinski definition) is 1. The van der Waals surface area contributed by atoms with Crippen molar-refractivity contribution >= 4 is 11.7 Å². The lowest BCUT2D eigenvalue weighted by Gasteiger charge is -2.15. The van der Waals surface area contributed by atoms with Gasteiger partial charge >= 0.3 is 5.97 Å². The highest BCUT2D eigenvalue weighted by Gasteiger charge is 2.20. The molecule has 0 aliphatic carbocycles. The molecule has 1 N–H and O–H groups in total. The number of rotatable bonds is 8. The summed E-state index contributed by atoms with van der Waals surface area (Å²) in [6, 6.07) is 3.79. The molecule has 20 heavy (non-hydrogen) atoms. The van der Waals surface area contributed by atoms with Gasteiger partial charge in [-0.2, -0.15) is 0 Å². The third kappa shape index (κ3) is 4.09. The minimum Gasteiger partial charge on any atom is -0.493 e. The highest BCUT2D eigenvalue weighted by molar-refractivity contribution is 5.72. The number of non-ortho nitro benzene ring substituents is 1. The van der Waals surface area contributed by atoms with E-state index in [9.17, 15) is 14.9 Å². The van der Waals surface area contributed by atoms with Crippen molar-refractivity contribution < 1.29 is 29.0 Å². The van der Waals surface area contributed by atoms with Gasteiger partial charge in [-0.1, -0.05) is 0 Å². The van der Waals surface area contributed by atoms with Gasteiger partial charge in [0.25, 0.3) is 5.69 Å². The zero-order chi connectivity index (χ0) is 15.1. The van der Waals surface area contributed by atoms with Crippen LogP contribution in [0.4, 0.5) is 5.69 Å². The first-order valence-electron chi connectivity index (χ1n) is 5.79. The van der Waals surface area contributed by atoms with Crippen LogP contribution in [-0.2, 0) is 9.53 Å². The van der Waals surface area contributed by atoms with E-state index in [0.29, 0.717) is 0 Å². The Morgan fingerprint density at radius 1 is 1.45 bits per heavy atom. The van der Waals surface area contributed by atoms with E-state index in [1.165, 1.54) is 25.3 Å². The summed E-state index contributed by atoms with van der Waals surface area (Å²) in [4.78, 5) is 21.0. The molecule has 1 aromatic carbocycles. The Kier molecular flexibility index (Phi) is 5.73. The quantitative estimate of drug-likeness (QED) is 0.569. The maximum atomic E-state index is 10.9. The standard InChI is InChI=1S/C12H15NO7/c1-3-19-11(12(14)15)7-20-9-5-4-8(13(16)17)6-10(9)18-2/h4-6,11H,3,7H2,1-2H3,(H,14,15). The zero-order valence-electron chi connectivity index (χ0n) is 11.1. The molecule has 0 fully saturated rings. The molecule has 0 saturated carbocycles. The number of carbonyl (C=O) groups is 1. The Bertz CT molecular complexity index is 489. The normalized spacial score (nSPS) is 11.7. The molecule has 8 heteroatoms. The fourth-order valence-electron chi connectivity index (χ4n) is 1.45. The smallest absolute Gasteiger partial charge is 0.336 e. The topological polar surface area (TPSA) is 108 Å². The van der Waals surface area contributed by atoms with E-state index in [1.54, 1.807) is 6.92 Å². The second-order valence-electron chi connectivity index (χ2n) is 3.69. The maximum Gasteiger partial charge on any atom is 0.336 e. The molecule has 1 rings (SSSR count). The summed E-state index contributed by atoms with van der Waals surface area (Å²) < 4.78 is 15.2. The van der Waals surface area contributed by atoms with E-state index >= 15 is 0 Å². The van der Waals surface area contributed by atoms with Crippen LogP contribution in [0.5, 0.6) is 11.5 Å². The highest BCUT2D eigenvalue weighted by atomic mass is 16.6. The average molecular weight is 285 g/mol. The second-order valence-corrected chi connectivity index (χ2v) is 3.69. The SMILES string of the molecule is CCOC(COc1ccc([N+](=O)[O-])cc1OC)C(=O)O. The first-order valence-corrected chi connectivity index (χ1v) is 5.79. The third-order valence-corrected chi connectivity index (χ3v) is 2.39. The molecule has 1 unspecified atom stereocenters. The van der Waals surface area contributed by atoms with Crippen LogP contribution in [0.25, 0.3) is 0 Å². The number of nitro groups is 1. The molecule has 0 aliphatic heterocycles. The molecule has 1 atom stereocenters. The number of ether oxygens (including phenoxy) is 3. The van der Waals surface area contributed by atoms with Crippen LogP contribution in [0.1, 0.15) is 6.92 Å². The van der Waals surface area contributed by atoms with Crippen LogP contribution in [0, 0.1) is 10.1 Å². The number of carboxylic acid groups (broad SMARTS) is 1. The van der Waals surface area contributed by atoms with Gasteiger partial charge in [0.1, 0.15) is 6.61 Å². The first-order chi connectivity index (χ1) is 9.49. The van der Waals surface area contributed by atoms with Crippen molar-refractivity contribution in [3.8, 4) is 11.5 Å². The highest BCUT2D eigenvalue weighted by Crippen LogP contribution is 2.31. The molecule has 0 saturated heterocycles. The molecule has 8 nitrogen and oxygen atoms in total. The Morgan fingerprint density at radius 2 is 2.15 bits per heavy atom. The Balaban J connectivity index is 2.81. The number of carboxylic acids is 1. The fourth-order valence-corrected chi connectivity index (χ4v) is 1.45. The van der Waals surface area contributed by atoms with Crippen molar-refractivity contribution in [2.75, 3.05) is 20.3 Å². The molecule has 1 aromatic rings. The number of hydrogen-bond acceptors (Lipinski definition) is 6. The molecule has 0 aromatic heterocycles. The third-order valence-electron chi connectivity index (χ3n) is 2.39. The molecule has 110 valence electrons. The van der Waals surface area contributed by atoms with E-state index in [4.69, 9.17) is 19.3 Å². The summed E-state index contributed by atoms with van der Waals surface area (Å²) in [6.07, 6.45) is -1.11. The minimum absolute atomic E-state index is 0.145. The van der Waals surface area contributed by atoms with Gasteiger partial charge in [-0.15, -0.1) is 0 Å². The van der Waals surface area contributed by atoms with Gasteiger partial charge in [0.2, 0.25) is 0 Å². The van der Waals surface area contributed by atoms with Crippen LogP contribution in [0.2, 0.25) is 0 Å². The summed E-state index contributed by atoms with van der Waals surface area (Å²) in [5, 5.41) is 19.5. The molecular formula is C12H15NO7. The molecule has 0 amide bonds. The van der Waals surface area contributed by atoms with Crippen LogP contribution < -0.4 is 9.47 Å². The van der Waals surface area contributed by atoms with E-state index in [0.717, 1.165) is 0 Å². The summed E-state index contributed by atoms with van der Waals surface area (Å²) in [6.45, 7) is 1.68. The van der Waals surface area contributed by atoms with Crippen molar-refractivity contribution in [2.45, 2.75) is 13.0 Å². The summed E-state index contributed by atoms with van der Waals surface area (Å²) in [5.74, 6) is -0.781. The van der Waals surface area contributed by atoms with Crippen molar-refractivity contribution in [3.05, 3.63) is 28.3 Å². The lowest BCUT2D eigenvalue weighted by molar-refractivity contribution is -0.385. The maximum absolute atomic E-state index is 10.9. The fraction of sp³-hybridized carbons (Fsp3) is 0.417. The zero-order valence-corrected chi connectivity index (χ0v) is 11.1. The number of aliphatic carboxylic acids is 1. The van der Waals surface area contributed by atoms with Gasteiger partial charge in [-0.05, 0) is 13.0 Å². The molecule has 0 spiro atoms. The van der Waals surface area contributed by atoms with Crippen LogP contribution in [0.15, 0.2) is 18.2 Å².